The quantitative estimate of drug-likeness (QED) is 0.804. The van der Waals surface area contributed by atoms with Gasteiger partial charge in [0.2, 0.25) is 0 Å². The molecule has 0 aromatic heterocycles. The first-order valence-corrected chi connectivity index (χ1v) is 8.14. The summed E-state index contributed by atoms with van der Waals surface area (Å²) in [5.41, 5.74) is 1.46. The molecular weight excluding hydrogens is 246 g/mol. The minimum atomic E-state index is 0.704. The van der Waals surface area contributed by atoms with Crippen LogP contribution < -0.4 is 10.1 Å². The van der Waals surface area contributed by atoms with E-state index in [0.717, 1.165) is 37.3 Å². The second-order valence-electron chi connectivity index (χ2n) is 6.36. The molecule has 1 saturated carbocycles. The molecule has 2 nitrogen and oxygen atoms in total. The molecule has 0 radical (unpaired) electrons. The first kappa shape index (κ1) is 15.4. The second kappa shape index (κ2) is 7.68. The van der Waals surface area contributed by atoms with Gasteiger partial charge in [-0.15, -0.1) is 0 Å². The number of benzene rings is 1. The Labute approximate surface area is 123 Å². The molecule has 0 spiro atoms. The van der Waals surface area contributed by atoms with Gasteiger partial charge >= 0.3 is 0 Å². The van der Waals surface area contributed by atoms with Crippen LogP contribution in [0.25, 0.3) is 0 Å². The van der Waals surface area contributed by atoms with Crippen LogP contribution in [0.5, 0.6) is 5.75 Å². The van der Waals surface area contributed by atoms with Gasteiger partial charge in [-0.3, -0.25) is 0 Å². The fraction of sp³-hybridized carbons (Fsp3) is 0.667. The zero-order valence-electron chi connectivity index (χ0n) is 13.2. The molecule has 1 aromatic rings. The number of ether oxygens (including phenoxy) is 1. The lowest BCUT2D eigenvalue weighted by Crippen LogP contribution is -2.27. The van der Waals surface area contributed by atoms with Gasteiger partial charge in [0.1, 0.15) is 5.75 Å². The van der Waals surface area contributed by atoms with Crippen LogP contribution in [-0.4, -0.2) is 19.7 Å². The van der Waals surface area contributed by atoms with E-state index in [-0.39, 0.29) is 0 Å². The Morgan fingerprint density at radius 2 is 2.15 bits per heavy atom. The highest BCUT2D eigenvalue weighted by Gasteiger charge is 2.28. The van der Waals surface area contributed by atoms with E-state index in [0.29, 0.717) is 5.92 Å². The van der Waals surface area contributed by atoms with Crippen molar-refractivity contribution in [3.8, 4) is 5.75 Å². The predicted molar refractivity (Wildman–Crippen MR) is 85.4 cm³/mol. The van der Waals surface area contributed by atoms with Crippen LogP contribution in [0.1, 0.15) is 51.5 Å². The van der Waals surface area contributed by atoms with Crippen LogP contribution in [0.3, 0.4) is 0 Å². The SMILES string of the molecule is CCOc1cccc(C2CCCC2CNCC(C)C)c1. The molecule has 2 heteroatoms. The van der Waals surface area contributed by atoms with Gasteiger partial charge in [0, 0.05) is 0 Å². The average Bonchev–Trinajstić information content (AvgIpc) is 2.87. The normalized spacial score (nSPS) is 22.4. The molecule has 1 aliphatic rings. The molecule has 0 aliphatic heterocycles. The van der Waals surface area contributed by atoms with E-state index >= 15 is 0 Å². The van der Waals surface area contributed by atoms with Crippen LogP contribution in [0.4, 0.5) is 0 Å². The summed E-state index contributed by atoms with van der Waals surface area (Å²) in [7, 11) is 0. The average molecular weight is 275 g/mol. The standard InChI is InChI=1S/C18H29NO/c1-4-20-17-9-5-7-15(11-17)18-10-6-8-16(18)13-19-12-14(2)3/h5,7,9,11,14,16,18-19H,4,6,8,10,12-13H2,1-3H3. The Bertz CT molecular complexity index is 402. The van der Waals surface area contributed by atoms with Crippen molar-refractivity contribution in [3.63, 3.8) is 0 Å². The zero-order chi connectivity index (χ0) is 14.4. The summed E-state index contributed by atoms with van der Waals surface area (Å²) in [6, 6.07) is 8.72. The molecule has 0 amide bonds. The summed E-state index contributed by atoms with van der Waals surface area (Å²) in [6.45, 7) is 9.60. The Balaban J connectivity index is 1.97. The number of rotatable bonds is 7. The number of hydrogen-bond donors (Lipinski definition) is 1. The van der Waals surface area contributed by atoms with E-state index in [2.05, 4.69) is 43.4 Å². The summed E-state index contributed by atoms with van der Waals surface area (Å²) in [6.07, 6.45) is 4.04. The van der Waals surface area contributed by atoms with E-state index in [1.165, 1.54) is 24.8 Å². The molecule has 1 fully saturated rings. The van der Waals surface area contributed by atoms with E-state index in [1.807, 2.05) is 6.92 Å². The molecule has 0 heterocycles. The molecule has 0 saturated heterocycles. The van der Waals surface area contributed by atoms with Gasteiger partial charge < -0.3 is 10.1 Å². The third-order valence-electron chi connectivity index (χ3n) is 4.22. The minimum Gasteiger partial charge on any atom is -0.494 e. The topological polar surface area (TPSA) is 21.3 Å². The highest BCUT2D eigenvalue weighted by atomic mass is 16.5. The molecule has 20 heavy (non-hydrogen) atoms. The number of nitrogens with one attached hydrogen (secondary N) is 1. The van der Waals surface area contributed by atoms with Crippen molar-refractivity contribution in [2.75, 3.05) is 19.7 Å². The Kier molecular flexibility index (Phi) is 5.90. The smallest absolute Gasteiger partial charge is 0.119 e. The summed E-state index contributed by atoms with van der Waals surface area (Å²) in [4.78, 5) is 0. The summed E-state index contributed by atoms with van der Waals surface area (Å²) >= 11 is 0. The van der Waals surface area contributed by atoms with Crippen molar-refractivity contribution in [2.24, 2.45) is 11.8 Å². The van der Waals surface area contributed by atoms with Crippen LogP contribution >= 0.6 is 0 Å². The van der Waals surface area contributed by atoms with Crippen molar-refractivity contribution >= 4 is 0 Å². The maximum Gasteiger partial charge on any atom is 0.119 e. The lowest BCUT2D eigenvalue weighted by atomic mass is 9.88. The van der Waals surface area contributed by atoms with Crippen LogP contribution in [0.2, 0.25) is 0 Å². The van der Waals surface area contributed by atoms with Gasteiger partial charge in [-0.1, -0.05) is 32.4 Å². The Morgan fingerprint density at radius 1 is 1.30 bits per heavy atom. The van der Waals surface area contributed by atoms with Crippen LogP contribution in [0.15, 0.2) is 24.3 Å². The molecule has 1 N–H and O–H groups in total. The van der Waals surface area contributed by atoms with Crippen LogP contribution in [-0.2, 0) is 0 Å². The highest BCUT2D eigenvalue weighted by Crippen LogP contribution is 2.40. The maximum atomic E-state index is 5.64. The van der Waals surface area contributed by atoms with E-state index in [4.69, 9.17) is 4.74 Å². The minimum absolute atomic E-state index is 0.704. The molecule has 112 valence electrons. The molecule has 2 unspecified atom stereocenters. The molecule has 2 rings (SSSR count). The molecule has 0 bridgehead atoms. The highest BCUT2D eigenvalue weighted by molar-refractivity contribution is 5.31. The van der Waals surface area contributed by atoms with E-state index in [1.54, 1.807) is 0 Å². The maximum absolute atomic E-state index is 5.64. The van der Waals surface area contributed by atoms with Gasteiger partial charge in [-0.2, -0.15) is 0 Å². The van der Waals surface area contributed by atoms with E-state index in [9.17, 15) is 0 Å². The Morgan fingerprint density at radius 3 is 2.90 bits per heavy atom. The first-order valence-electron chi connectivity index (χ1n) is 8.14. The first-order chi connectivity index (χ1) is 9.70. The summed E-state index contributed by atoms with van der Waals surface area (Å²) in [5.74, 6) is 3.24. The monoisotopic (exact) mass is 275 g/mol. The van der Waals surface area contributed by atoms with Gasteiger partial charge in [0.25, 0.3) is 0 Å². The predicted octanol–water partition coefficient (Wildman–Crippen LogP) is 4.21. The summed E-state index contributed by atoms with van der Waals surface area (Å²) in [5, 5.41) is 3.64. The van der Waals surface area contributed by atoms with Gasteiger partial charge in [-0.05, 0) is 68.3 Å². The zero-order valence-corrected chi connectivity index (χ0v) is 13.2. The summed E-state index contributed by atoms with van der Waals surface area (Å²) < 4.78 is 5.64. The Hall–Kier alpha value is -1.02. The molecule has 2 atom stereocenters. The largest absolute Gasteiger partial charge is 0.494 e. The van der Waals surface area contributed by atoms with Crippen LogP contribution in [0, 0.1) is 11.8 Å². The van der Waals surface area contributed by atoms with Gasteiger partial charge in [0.05, 0.1) is 6.61 Å². The van der Waals surface area contributed by atoms with Crippen molar-refractivity contribution in [1.29, 1.82) is 0 Å². The third kappa shape index (κ3) is 4.24. The van der Waals surface area contributed by atoms with Gasteiger partial charge in [-0.25, -0.2) is 0 Å². The van der Waals surface area contributed by atoms with Gasteiger partial charge in [0.15, 0.2) is 0 Å². The molecular formula is C18H29NO. The second-order valence-corrected chi connectivity index (χ2v) is 6.36. The molecule has 1 aromatic carbocycles. The molecule has 1 aliphatic carbocycles. The van der Waals surface area contributed by atoms with Crippen molar-refractivity contribution < 1.29 is 4.74 Å². The third-order valence-corrected chi connectivity index (χ3v) is 4.22. The van der Waals surface area contributed by atoms with E-state index < -0.39 is 0 Å². The van der Waals surface area contributed by atoms with Crippen molar-refractivity contribution in [3.05, 3.63) is 29.8 Å². The van der Waals surface area contributed by atoms with Crippen molar-refractivity contribution in [2.45, 2.75) is 46.0 Å². The number of hydrogen-bond acceptors (Lipinski definition) is 2. The fourth-order valence-corrected chi connectivity index (χ4v) is 3.28. The lowest BCUT2D eigenvalue weighted by Gasteiger charge is -2.21. The fourth-order valence-electron chi connectivity index (χ4n) is 3.28. The lowest BCUT2D eigenvalue weighted by molar-refractivity contribution is 0.339. The van der Waals surface area contributed by atoms with Crippen molar-refractivity contribution in [1.82, 2.24) is 5.32 Å².